The fourth-order valence-corrected chi connectivity index (χ4v) is 2.39. The van der Waals surface area contributed by atoms with Gasteiger partial charge in [-0.15, -0.1) is 0 Å². The van der Waals surface area contributed by atoms with E-state index in [4.69, 9.17) is 5.73 Å². The molecule has 1 unspecified atom stereocenters. The lowest BCUT2D eigenvalue weighted by Crippen LogP contribution is -2.42. The van der Waals surface area contributed by atoms with Crippen molar-refractivity contribution in [2.45, 2.75) is 25.8 Å². The molecule has 0 bridgehead atoms. The summed E-state index contributed by atoms with van der Waals surface area (Å²) in [6.07, 6.45) is 3.38. The molecule has 1 aromatic rings. The van der Waals surface area contributed by atoms with E-state index in [-0.39, 0.29) is 17.5 Å². The van der Waals surface area contributed by atoms with E-state index in [0.717, 1.165) is 25.9 Å². The zero-order valence-corrected chi connectivity index (χ0v) is 10.6. The molecule has 0 radical (unpaired) electrons. The second-order valence-electron chi connectivity index (χ2n) is 4.93. The van der Waals surface area contributed by atoms with Crippen molar-refractivity contribution in [3.63, 3.8) is 0 Å². The largest absolute Gasteiger partial charge is 0.339 e. The summed E-state index contributed by atoms with van der Waals surface area (Å²) < 4.78 is 0. The van der Waals surface area contributed by atoms with Crippen LogP contribution in [0.1, 0.15) is 30.1 Å². The van der Waals surface area contributed by atoms with Crippen molar-refractivity contribution in [2.75, 3.05) is 13.1 Å². The number of aromatic amines is 1. The van der Waals surface area contributed by atoms with Crippen molar-refractivity contribution in [3.8, 4) is 0 Å². The van der Waals surface area contributed by atoms with Gasteiger partial charge in [-0.25, -0.2) is 0 Å². The topological polar surface area (TPSA) is 79.2 Å². The van der Waals surface area contributed by atoms with Crippen molar-refractivity contribution in [3.05, 3.63) is 34.2 Å². The van der Waals surface area contributed by atoms with Gasteiger partial charge < -0.3 is 15.6 Å². The normalized spacial score (nSPS) is 18.7. The Morgan fingerprint density at radius 1 is 1.50 bits per heavy atom. The monoisotopic (exact) mass is 249 g/mol. The molecule has 5 heteroatoms. The summed E-state index contributed by atoms with van der Waals surface area (Å²) in [6, 6.07) is 3.17. The smallest absolute Gasteiger partial charge is 0.254 e. The number of H-pyrrole nitrogens is 1. The summed E-state index contributed by atoms with van der Waals surface area (Å²) in [5.74, 6) is 0.428. The third kappa shape index (κ3) is 2.79. The lowest BCUT2D eigenvalue weighted by molar-refractivity contribution is 0.0680. The van der Waals surface area contributed by atoms with Crippen LogP contribution in [0.15, 0.2) is 23.1 Å². The van der Waals surface area contributed by atoms with Gasteiger partial charge in [0.1, 0.15) is 0 Å². The number of pyridine rings is 1. The van der Waals surface area contributed by atoms with Gasteiger partial charge in [0, 0.05) is 37.0 Å². The van der Waals surface area contributed by atoms with Crippen molar-refractivity contribution in [1.29, 1.82) is 0 Å². The minimum atomic E-state index is -0.244. The number of rotatable bonds is 2. The second kappa shape index (κ2) is 5.35. The standard InChI is InChI=1S/C13H19N3O2/c1-9(14)10-3-6-16(7-4-10)13(18)11-2-5-15-12(17)8-11/h2,5,8-10H,3-4,6-7,14H2,1H3,(H,15,17). The van der Waals surface area contributed by atoms with Crippen molar-refractivity contribution < 1.29 is 4.79 Å². The molecule has 1 aromatic heterocycles. The van der Waals surface area contributed by atoms with Crippen LogP contribution >= 0.6 is 0 Å². The van der Waals surface area contributed by atoms with Gasteiger partial charge in [0.2, 0.25) is 5.56 Å². The molecule has 18 heavy (non-hydrogen) atoms. The van der Waals surface area contributed by atoms with E-state index in [1.165, 1.54) is 12.3 Å². The molecule has 3 N–H and O–H groups in total. The lowest BCUT2D eigenvalue weighted by atomic mass is 9.91. The number of nitrogens with two attached hydrogens (primary N) is 1. The molecule has 2 heterocycles. The third-order valence-electron chi connectivity index (χ3n) is 3.59. The van der Waals surface area contributed by atoms with Gasteiger partial charge in [0.15, 0.2) is 0 Å². The van der Waals surface area contributed by atoms with Crippen LogP contribution < -0.4 is 11.3 Å². The number of aromatic nitrogens is 1. The number of hydrogen-bond donors (Lipinski definition) is 2. The first-order valence-electron chi connectivity index (χ1n) is 6.31. The van der Waals surface area contributed by atoms with Crippen LogP contribution in [0.25, 0.3) is 0 Å². The Kier molecular flexibility index (Phi) is 3.81. The predicted molar refractivity (Wildman–Crippen MR) is 69.3 cm³/mol. The van der Waals surface area contributed by atoms with E-state index in [2.05, 4.69) is 4.98 Å². The van der Waals surface area contributed by atoms with Gasteiger partial charge in [-0.1, -0.05) is 0 Å². The van der Waals surface area contributed by atoms with Gasteiger partial charge in [-0.3, -0.25) is 9.59 Å². The van der Waals surface area contributed by atoms with Crippen LogP contribution in [0.4, 0.5) is 0 Å². The van der Waals surface area contributed by atoms with Crippen molar-refractivity contribution >= 4 is 5.91 Å². The maximum absolute atomic E-state index is 12.2. The second-order valence-corrected chi connectivity index (χ2v) is 4.93. The average Bonchev–Trinajstić information content (AvgIpc) is 2.38. The van der Waals surface area contributed by atoms with E-state index in [1.54, 1.807) is 11.0 Å². The number of carbonyl (C=O) groups is 1. The maximum atomic E-state index is 12.2. The van der Waals surface area contributed by atoms with Gasteiger partial charge in [-0.2, -0.15) is 0 Å². The van der Waals surface area contributed by atoms with Crippen molar-refractivity contribution in [2.24, 2.45) is 11.7 Å². The number of nitrogens with one attached hydrogen (secondary N) is 1. The highest BCUT2D eigenvalue weighted by Crippen LogP contribution is 2.20. The molecular formula is C13H19N3O2. The van der Waals surface area contributed by atoms with Gasteiger partial charge in [0.25, 0.3) is 5.91 Å². The molecule has 5 nitrogen and oxygen atoms in total. The molecule has 1 aliphatic rings. The van der Waals surface area contributed by atoms with Crippen molar-refractivity contribution in [1.82, 2.24) is 9.88 Å². The Balaban J connectivity index is 2.02. The summed E-state index contributed by atoms with van der Waals surface area (Å²) >= 11 is 0. The maximum Gasteiger partial charge on any atom is 0.254 e. The van der Waals surface area contributed by atoms with Gasteiger partial charge in [-0.05, 0) is 31.7 Å². The van der Waals surface area contributed by atoms with Crippen LogP contribution in [0.5, 0.6) is 0 Å². The summed E-state index contributed by atoms with van der Waals surface area (Å²) in [4.78, 5) is 27.7. The molecule has 1 aliphatic heterocycles. The fourth-order valence-electron chi connectivity index (χ4n) is 2.39. The molecule has 1 fully saturated rings. The quantitative estimate of drug-likeness (QED) is 0.804. The van der Waals surface area contributed by atoms with Crippen LogP contribution in [-0.4, -0.2) is 34.9 Å². The Hall–Kier alpha value is -1.62. The number of carbonyl (C=O) groups excluding carboxylic acids is 1. The summed E-state index contributed by atoms with van der Waals surface area (Å²) in [7, 11) is 0. The Morgan fingerprint density at radius 2 is 2.17 bits per heavy atom. The molecule has 1 saturated heterocycles. The molecule has 98 valence electrons. The lowest BCUT2D eigenvalue weighted by Gasteiger charge is -2.33. The molecule has 1 atom stereocenters. The van der Waals surface area contributed by atoms with Crippen LogP contribution in [0.3, 0.4) is 0 Å². The van der Waals surface area contributed by atoms with Crippen LogP contribution in [0, 0.1) is 5.92 Å². The van der Waals surface area contributed by atoms with Crippen LogP contribution in [0.2, 0.25) is 0 Å². The van der Waals surface area contributed by atoms with E-state index in [0.29, 0.717) is 11.5 Å². The van der Waals surface area contributed by atoms with E-state index < -0.39 is 0 Å². The number of nitrogens with zero attached hydrogens (tertiary/aromatic N) is 1. The summed E-state index contributed by atoms with van der Waals surface area (Å²) in [5, 5.41) is 0. The first-order valence-corrected chi connectivity index (χ1v) is 6.31. The zero-order chi connectivity index (χ0) is 13.1. The molecule has 0 saturated carbocycles. The van der Waals surface area contributed by atoms with Gasteiger partial charge >= 0.3 is 0 Å². The van der Waals surface area contributed by atoms with E-state index in [1.807, 2.05) is 6.92 Å². The first kappa shape index (κ1) is 12.8. The Morgan fingerprint density at radius 3 is 2.72 bits per heavy atom. The van der Waals surface area contributed by atoms with Gasteiger partial charge in [0.05, 0.1) is 0 Å². The molecule has 2 rings (SSSR count). The average molecular weight is 249 g/mol. The zero-order valence-electron chi connectivity index (χ0n) is 10.6. The van der Waals surface area contributed by atoms with Crippen LogP contribution in [-0.2, 0) is 0 Å². The third-order valence-corrected chi connectivity index (χ3v) is 3.59. The molecule has 0 aliphatic carbocycles. The molecular weight excluding hydrogens is 230 g/mol. The molecule has 0 aromatic carbocycles. The minimum absolute atomic E-state index is 0.0655. The SMILES string of the molecule is CC(N)C1CCN(C(=O)c2cc[nH]c(=O)c2)CC1. The highest BCUT2D eigenvalue weighted by Gasteiger charge is 2.25. The Labute approximate surface area is 106 Å². The Bertz CT molecular complexity index is 473. The first-order chi connectivity index (χ1) is 8.58. The molecule has 1 amide bonds. The predicted octanol–water partition coefficient (Wildman–Crippen LogP) is 0.574. The number of piperidine rings is 1. The minimum Gasteiger partial charge on any atom is -0.339 e. The molecule has 0 spiro atoms. The highest BCUT2D eigenvalue weighted by atomic mass is 16.2. The van der Waals surface area contributed by atoms with E-state index in [9.17, 15) is 9.59 Å². The number of amides is 1. The number of hydrogen-bond acceptors (Lipinski definition) is 3. The number of likely N-dealkylation sites (tertiary alicyclic amines) is 1. The summed E-state index contributed by atoms with van der Waals surface area (Å²) in [5.41, 5.74) is 6.08. The highest BCUT2D eigenvalue weighted by molar-refractivity contribution is 5.94. The van der Waals surface area contributed by atoms with E-state index >= 15 is 0 Å². The fraction of sp³-hybridized carbons (Fsp3) is 0.538. The summed E-state index contributed by atoms with van der Waals surface area (Å²) in [6.45, 7) is 3.45.